The molecule has 3 aromatic carbocycles. The normalized spacial score (nSPS) is 10.9. The summed E-state index contributed by atoms with van der Waals surface area (Å²) >= 11 is 5.83. The molecule has 9 heteroatoms. The lowest BCUT2D eigenvalue weighted by Crippen LogP contribution is -2.17. The Morgan fingerprint density at radius 2 is 1.75 bits per heavy atom. The second-order valence-electron chi connectivity index (χ2n) is 6.35. The van der Waals surface area contributed by atoms with Gasteiger partial charge in [0, 0.05) is 34.4 Å². The number of nitro groups is 1. The smallest absolute Gasteiger partial charge is 0.336 e. The fourth-order valence-corrected chi connectivity index (χ4v) is 2.66. The summed E-state index contributed by atoms with van der Waals surface area (Å²) in [7, 11) is 0. The van der Waals surface area contributed by atoms with Crippen LogP contribution in [0.2, 0.25) is 5.02 Å². The molecule has 0 unspecified atom stereocenters. The zero-order chi connectivity index (χ0) is 22.9. The monoisotopic (exact) mass is 449 g/mol. The van der Waals surface area contributed by atoms with Gasteiger partial charge in [0.25, 0.3) is 11.6 Å². The highest BCUT2D eigenvalue weighted by atomic mass is 35.5. The van der Waals surface area contributed by atoms with Crippen LogP contribution in [-0.4, -0.2) is 23.0 Å². The van der Waals surface area contributed by atoms with Gasteiger partial charge in [-0.2, -0.15) is 5.10 Å². The number of benzene rings is 3. The first-order valence-corrected chi connectivity index (χ1v) is 9.62. The average Bonchev–Trinajstić information content (AvgIpc) is 2.80. The van der Waals surface area contributed by atoms with Gasteiger partial charge in [0.15, 0.2) is 0 Å². The fourth-order valence-electron chi connectivity index (χ4n) is 2.54. The van der Waals surface area contributed by atoms with Crippen LogP contribution in [0.3, 0.4) is 0 Å². The van der Waals surface area contributed by atoms with Gasteiger partial charge in [-0.3, -0.25) is 14.9 Å². The number of halogens is 1. The molecule has 0 fully saturated rings. The summed E-state index contributed by atoms with van der Waals surface area (Å²) in [4.78, 5) is 34.8. The van der Waals surface area contributed by atoms with E-state index in [4.69, 9.17) is 16.3 Å². The largest absolute Gasteiger partial charge is 0.423 e. The number of ether oxygens (including phenoxy) is 1. The number of hydrogen-bond acceptors (Lipinski definition) is 6. The van der Waals surface area contributed by atoms with Crippen LogP contribution in [0, 0.1) is 10.1 Å². The van der Waals surface area contributed by atoms with Crippen molar-refractivity contribution in [2.75, 3.05) is 0 Å². The van der Waals surface area contributed by atoms with E-state index < -0.39 is 16.8 Å². The van der Waals surface area contributed by atoms with Gasteiger partial charge in [-0.15, -0.1) is 0 Å². The Bertz CT molecular complexity index is 1190. The summed E-state index contributed by atoms with van der Waals surface area (Å²) in [5, 5.41) is 15.5. The van der Waals surface area contributed by atoms with Crippen molar-refractivity contribution in [1.82, 2.24) is 5.43 Å². The minimum atomic E-state index is -0.697. The number of nitro benzene ring substituents is 1. The van der Waals surface area contributed by atoms with Crippen molar-refractivity contribution in [3.05, 3.63) is 111 Å². The summed E-state index contributed by atoms with van der Waals surface area (Å²) in [5.41, 5.74) is 3.37. The van der Waals surface area contributed by atoms with E-state index in [1.807, 2.05) is 0 Å². The second kappa shape index (κ2) is 10.6. The zero-order valence-corrected chi connectivity index (χ0v) is 17.2. The second-order valence-corrected chi connectivity index (χ2v) is 6.79. The Kier molecular flexibility index (Phi) is 7.45. The van der Waals surface area contributed by atoms with Gasteiger partial charge in [0.1, 0.15) is 5.75 Å². The zero-order valence-electron chi connectivity index (χ0n) is 16.5. The number of nitrogens with one attached hydrogen (secondary N) is 1. The van der Waals surface area contributed by atoms with Crippen LogP contribution in [0.15, 0.2) is 84.0 Å². The first-order valence-electron chi connectivity index (χ1n) is 9.25. The number of non-ortho nitro benzene ring substituents is 1. The number of hydrazone groups is 1. The molecule has 0 aliphatic rings. The van der Waals surface area contributed by atoms with Crippen molar-refractivity contribution in [3.8, 4) is 5.75 Å². The molecular weight excluding hydrogens is 434 g/mol. The summed E-state index contributed by atoms with van der Waals surface area (Å²) < 4.78 is 5.29. The summed E-state index contributed by atoms with van der Waals surface area (Å²) in [6, 6.07) is 18.9. The lowest BCUT2D eigenvalue weighted by molar-refractivity contribution is -0.384. The van der Waals surface area contributed by atoms with Crippen LogP contribution in [0.5, 0.6) is 5.75 Å². The van der Waals surface area contributed by atoms with Crippen molar-refractivity contribution in [1.29, 1.82) is 0 Å². The highest BCUT2D eigenvalue weighted by molar-refractivity contribution is 6.30. The third-order valence-electron chi connectivity index (χ3n) is 4.10. The summed E-state index contributed by atoms with van der Waals surface area (Å²) in [6.45, 7) is 0. The van der Waals surface area contributed by atoms with Crippen LogP contribution in [-0.2, 0) is 4.79 Å². The third-order valence-corrected chi connectivity index (χ3v) is 4.35. The number of carbonyl (C=O) groups excluding carboxylic acids is 2. The average molecular weight is 450 g/mol. The molecule has 1 N–H and O–H groups in total. The Morgan fingerprint density at radius 3 is 2.44 bits per heavy atom. The first-order chi connectivity index (χ1) is 15.4. The van der Waals surface area contributed by atoms with Gasteiger partial charge in [0.05, 0.1) is 11.1 Å². The SMILES string of the molecule is O=C(/C=C/c1ccc(Cl)cc1)Oc1ccc([N+](=O)[O-])cc1/C=N/NC(=O)c1ccccc1. The topological polar surface area (TPSA) is 111 Å². The van der Waals surface area contributed by atoms with Crippen molar-refractivity contribution in [2.24, 2.45) is 5.10 Å². The summed E-state index contributed by atoms with van der Waals surface area (Å²) in [5.74, 6) is -1.12. The minimum Gasteiger partial charge on any atom is -0.423 e. The van der Waals surface area contributed by atoms with E-state index in [0.29, 0.717) is 10.6 Å². The first kappa shape index (κ1) is 22.4. The van der Waals surface area contributed by atoms with E-state index in [0.717, 1.165) is 5.56 Å². The number of hydrogen-bond donors (Lipinski definition) is 1. The lowest BCUT2D eigenvalue weighted by Gasteiger charge is -2.06. The standard InChI is InChI=1S/C23H16ClN3O5/c24-19-9-6-16(7-10-19)8-13-22(28)32-21-12-11-20(27(30)31)14-18(21)15-25-26-23(29)17-4-2-1-3-5-17/h1-15H,(H,26,29)/b13-8+,25-15+. The number of carbonyl (C=O) groups is 2. The lowest BCUT2D eigenvalue weighted by atomic mass is 10.2. The molecule has 0 aromatic heterocycles. The quantitative estimate of drug-likeness (QED) is 0.141. The fraction of sp³-hybridized carbons (Fsp3) is 0. The molecule has 0 saturated heterocycles. The van der Waals surface area contributed by atoms with Crippen molar-refractivity contribution < 1.29 is 19.2 Å². The van der Waals surface area contributed by atoms with Gasteiger partial charge >= 0.3 is 5.97 Å². The van der Waals surface area contributed by atoms with Crippen LogP contribution < -0.4 is 10.2 Å². The minimum absolute atomic E-state index is 0.0408. The number of esters is 1. The molecule has 8 nitrogen and oxygen atoms in total. The van der Waals surface area contributed by atoms with Crippen molar-refractivity contribution in [2.45, 2.75) is 0 Å². The van der Waals surface area contributed by atoms with Crippen molar-refractivity contribution >= 4 is 41.5 Å². The van der Waals surface area contributed by atoms with Crippen LogP contribution in [0.4, 0.5) is 5.69 Å². The number of nitrogens with zero attached hydrogens (tertiary/aromatic N) is 2. The highest BCUT2D eigenvalue weighted by Gasteiger charge is 2.13. The molecule has 0 atom stereocenters. The maximum absolute atomic E-state index is 12.2. The van der Waals surface area contributed by atoms with E-state index >= 15 is 0 Å². The Morgan fingerprint density at radius 1 is 1.03 bits per heavy atom. The maximum Gasteiger partial charge on any atom is 0.336 e. The van der Waals surface area contributed by atoms with E-state index in [1.165, 1.54) is 36.6 Å². The van der Waals surface area contributed by atoms with Gasteiger partial charge in [-0.1, -0.05) is 41.9 Å². The molecule has 0 bridgehead atoms. The van der Waals surface area contributed by atoms with Crippen LogP contribution in [0.25, 0.3) is 6.08 Å². The predicted octanol–water partition coefficient (Wildman–Crippen LogP) is 4.63. The molecule has 3 aromatic rings. The van der Waals surface area contributed by atoms with E-state index in [-0.39, 0.29) is 17.0 Å². The molecule has 0 radical (unpaired) electrons. The molecular formula is C23H16ClN3O5. The Balaban J connectivity index is 1.75. The molecule has 160 valence electrons. The predicted molar refractivity (Wildman–Crippen MR) is 121 cm³/mol. The van der Waals surface area contributed by atoms with Gasteiger partial charge < -0.3 is 4.74 Å². The van der Waals surface area contributed by atoms with Gasteiger partial charge in [-0.25, -0.2) is 10.2 Å². The van der Waals surface area contributed by atoms with Crippen molar-refractivity contribution in [3.63, 3.8) is 0 Å². The Hall–Kier alpha value is -4.30. The summed E-state index contributed by atoms with van der Waals surface area (Å²) in [6.07, 6.45) is 3.92. The third kappa shape index (κ3) is 6.35. The maximum atomic E-state index is 12.2. The molecule has 32 heavy (non-hydrogen) atoms. The van der Waals surface area contributed by atoms with Crippen LogP contribution in [0.1, 0.15) is 21.5 Å². The van der Waals surface area contributed by atoms with Crippen LogP contribution >= 0.6 is 11.6 Å². The molecule has 0 aliphatic heterocycles. The molecule has 0 spiro atoms. The van der Waals surface area contributed by atoms with Gasteiger partial charge in [-0.05, 0) is 42.0 Å². The Labute approximate surface area is 187 Å². The van der Waals surface area contributed by atoms with Gasteiger partial charge in [0.2, 0.25) is 0 Å². The molecule has 0 heterocycles. The molecule has 0 saturated carbocycles. The molecule has 0 aliphatic carbocycles. The number of rotatable bonds is 7. The highest BCUT2D eigenvalue weighted by Crippen LogP contribution is 2.23. The molecule has 1 amide bonds. The van der Waals surface area contributed by atoms with E-state index in [2.05, 4.69) is 10.5 Å². The van der Waals surface area contributed by atoms with E-state index in [1.54, 1.807) is 54.6 Å². The molecule has 3 rings (SSSR count). The van der Waals surface area contributed by atoms with E-state index in [9.17, 15) is 19.7 Å². The number of amides is 1.